The first-order valence-electron chi connectivity index (χ1n) is 9.84. The quantitative estimate of drug-likeness (QED) is 0.438. The number of amides is 1. The summed E-state index contributed by atoms with van der Waals surface area (Å²) in [6, 6.07) is 13.4. The van der Waals surface area contributed by atoms with Crippen molar-refractivity contribution < 1.29 is 4.79 Å². The summed E-state index contributed by atoms with van der Waals surface area (Å²) < 4.78 is 1.73. The van der Waals surface area contributed by atoms with Crippen molar-refractivity contribution in [2.75, 3.05) is 5.32 Å². The summed E-state index contributed by atoms with van der Waals surface area (Å²) in [5, 5.41) is 19.7. The van der Waals surface area contributed by atoms with Gasteiger partial charge < -0.3 is 5.32 Å². The first-order chi connectivity index (χ1) is 14.8. The number of thiocarbonyl (C=S) groups is 1. The molecule has 0 bridgehead atoms. The molecule has 9 heteroatoms. The predicted octanol–water partition coefficient (Wildman–Crippen LogP) is 4.72. The Morgan fingerprint density at radius 1 is 1.10 bits per heavy atom. The Kier molecular flexibility index (Phi) is 5.79. The molecule has 1 amide bonds. The molecule has 31 heavy (non-hydrogen) atoms. The lowest BCUT2D eigenvalue weighted by Crippen LogP contribution is -2.34. The molecule has 0 aliphatic heterocycles. The maximum Gasteiger partial charge on any atom is 0.257 e. The largest absolute Gasteiger partial charge is 0.332 e. The van der Waals surface area contributed by atoms with Gasteiger partial charge >= 0.3 is 0 Å². The highest BCUT2D eigenvalue weighted by atomic mass is 32.1. The number of nitrogens with zero attached hydrogens (tertiary/aromatic N) is 4. The number of carbonyl (C=O) groups is 1. The van der Waals surface area contributed by atoms with Crippen molar-refractivity contribution in [2.45, 2.75) is 33.6 Å². The van der Waals surface area contributed by atoms with Crippen LogP contribution in [0.2, 0.25) is 0 Å². The summed E-state index contributed by atoms with van der Waals surface area (Å²) in [4.78, 5) is 13.3. The van der Waals surface area contributed by atoms with Crippen molar-refractivity contribution in [1.82, 2.24) is 25.1 Å². The van der Waals surface area contributed by atoms with Gasteiger partial charge in [-0.3, -0.25) is 10.1 Å². The molecule has 7 nitrogen and oxygen atoms in total. The molecule has 4 rings (SSSR count). The molecule has 2 aromatic carbocycles. The fourth-order valence-corrected chi connectivity index (χ4v) is 4.34. The number of aryl methyl sites for hydroxylation is 1. The Balaban J connectivity index is 1.49. The molecule has 0 saturated heterocycles. The Morgan fingerprint density at radius 2 is 1.84 bits per heavy atom. The number of carbonyl (C=O) groups excluding carboxylic acids is 1. The number of anilines is 1. The molecule has 158 valence electrons. The van der Waals surface area contributed by atoms with Crippen LogP contribution in [0.15, 0.2) is 42.5 Å². The average Bonchev–Trinajstić information content (AvgIpc) is 3.31. The van der Waals surface area contributed by atoms with Gasteiger partial charge in [0.2, 0.25) is 4.96 Å². The van der Waals surface area contributed by atoms with Crippen LogP contribution in [0.1, 0.15) is 47.1 Å². The molecule has 0 fully saturated rings. The van der Waals surface area contributed by atoms with Gasteiger partial charge in [-0.05, 0) is 61.3 Å². The third-order valence-electron chi connectivity index (χ3n) is 5.03. The maximum absolute atomic E-state index is 12.5. The number of aromatic nitrogens is 4. The highest BCUT2D eigenvalue weighted by molar-refractivity contribution is 7.80. The van der Waals surface area contributed by atoms with E-state index in [1.165, 1.54) is 16.9 Å². The molecular weight excluding hydrogens is 428 g/mol. The summed E-state index contributed by atoms with van der Waals surface area (Å²) in [6.07, 6.45) is 0. The zero-order chi connectivity index (χ0) is 22.1. The number of rotatable bonds is 4. The van der Waals surface area contributed by atoms with Gasteiger partial charge in [0.1, 0.15) is 5.01 Å². The Morgan fingerprint density at radius 3 is 2.52 bits per heavy atom. The summed E-state index contributed by atoms with van der Waals surface area (Å²) in [7, 11) is 0. The molecule has 0 unspecified atom stereocenters. The van der Waals surface area contributed by atoms with E-state index in [0.717, 1.165) is 32.6 Å². The van der Waals surface area contributed by atoms with Crippen LogP contribution in [0.25, 0.3) is 15.5 Å². The minimum absolute atomic E-state index is 0.243. The first kappa shape index (κ1) is 21.1. The van der Waals surface area contributed by atoms with Gasteiger partial charge in [-0.2, -0.15) is 9.61 Å². The van der Waals surface area contributed by atoms with E-state index in [4.69, 9.17) is 12.2 Å². The molecule has 0 radical (unpaired) electrons. The minimum Gasteiger partial charge on any atom is -0.332 e. The molecule has 0 saturated carbocycles. The monoisotopic (exact) mass is 450 g/mol. The molecule has 0 atom stereocenters. The number of fused-ring (bicyclic) bond motifs is 1. The van der Waals surface area contributed by atoms with Crippen molar-refractivity contribution in [3.8, 4) is 10.6 Å². The van der Waals surface area contributed by atoms with Gasteiger partial charge in [0.15, 0.2) is 10.9 Å². The molecule has 0 aliphatic rings. The minimum atomic E-state index is -0.245. The second-order valence-electron chi connectivity index (χ2n) is 7.51. The highest BCUT2D eigenvalue weighted by Gasteiger charge is 2.15. The second-order valence-corrected chi connectivity index (χ2v) is 8.88. The van der Waals surface area contributed by atoms with Crippen molar-refractivity contribution in [3.63, 3.8) is 0 Å². The van der Waals surface area contributed by atoms with Crippen LogP contribution in [0.4, 0.5) is 5.69 Å². The lowest BCUT2D eigenvalue weighted by atomic mass is 10.0. The fraction of sp³-hybridized carbons (Fsp3) is 0.227. The van der Waals surface area contributed by atoms with Crippen LogP contribution in [-0.2, 0) is 0 Å². The van der Waals surface area contributed by atoms with E-state index in [9.17, 15) is 4.79 Å². The van der Waals surface area contributed by atoms with Gasteiger partial charge in [0.25, 0.3) is 5.91 Å². The molecule has 2 aromatic heterocycles. The summed E-state index contributed by atoms with van der Waals surface area (Å²) in [5.74, 6) is 0.915. The van der Waals surface area contributed by atoms with E-state index in [2.05, 4.69) is 39.8 Å². The van der Waals surface area contributed by atoms with E-state index in [-0.39, 0.29) is 11.0 Å². The van der Waals surface area contributed by atoms with Crippen LogP contribution in [0, 0.1) is 13.8 Å². The van der Waals surface area contributed by atoms with Gasteiger partial charge in [0.05, 0.1) is 0 Å². The van der Waals surface area contributed by atoms with Gasteiger partial charge in [-0.25, -0.2) is 0 Å². The number of nitrogens with one attached hydrogen (secondary N) is 2. The van der Waals surface area contributed by atoms with Crippen molar-refractivity contribution in [2.24, 2.45) is 0 Å². The highest BCUT2D eigenvalue weighted by Crippen LogP contribution is 2.31. The smallest absolute Gasteiger partial charge is 0.257 e. The van der Waals surface area contributed by atoms with E-state index in [1.807, 2.05) is 56.3 Å². The fourth-order valence-electron chi connectivity index (χ4n) is 3.17. The van der Waals surface area contributed by atoms with E-state index < -0.39 is 0 Å². The van der Waals surface area contributed by atoms with Gasteiger partial charge in [-0.15, -0.1) is 10.2 Å². The van der Waals surface area contributed by atoms with Gasteiger partial charge in [0, 0.05) is 16.8 Å². The van der Waals surface area contributed by atoms with Crippen LogP contribution >= 0.6 is 23.6 Å². The molecule has 2 N–H and O–H groups in total. The molecule has 4 aromatic rings. The van der Waals surface area contributed by atoms with Crippen LogP contribution < -0.4 is 10.6 Å². The average molecular weight is 451 g/mol. The first-order valence-corrected chi connectivity index (χ1v) is 11.1. The SMILES string of the molecule is Cc1c(NC(=S)NC(=O)c2ccc(C(C)C)cc2)cccc1-c1nn2c(C)nnc2s1. The number of hydrogen-bond donors (Lipinski definition) is 2. The van der Waals surface area contributed by atoms with Crippen molar-refractivity contribution >= 4 is 45.2 Å². The predicted molar refractivity (Wildman–Crippen MR) is 128 cm³/mol. The molecule has 0 aliphatic carbocycles. The van der Waals surface area contributed by atoms with Gasteiger partial charge in [-0.1, -0.05) is 49.4 Å². The molecule has 0 spiro atoms. The Labute approximate surface area is 189 Å². The molecule has 2 heterocycles. The van der Waals surface area contributed by atoms with E-state index in [0.29, 0.717) is 11.5 Å². The Hall–Kier alpha value is -3.17. The maximum atomic E-state index is 12.5. The third kappa shape index (κ3) is 4.33. The second kappa shape index (κ2) is 8.52. The number of hydrogen-bond acceptors (Lipinski definition) is 6. The van der Waals surface area contributed by atoms with Crippen LogP contribution in [0.5, 0.6) is 0 Å². The van der Waals surface area contributed by atoms with Crippen LogP contribution in [0.3, 0.4) is 0 Å². The zero-order valence-electron chi connectivity index (χ0n) is 17.6. The van der Waals surface area contributed by atoms with Crippen molar-refractivity contribution in [1.29, 1.82) is 0 Å². The zero-order valence-corrected chi connectivity index (χ0v) is 19.3. The summed E-state index contributed by atoms with van der Waals surface area (Å²) in [6.45, 7) is 8.09. The Bertz CT molecular complexity index is 1270. The summed E-state index contributed by atoms with van der Waals surface area (Å²) >= 11 is 6.85. The van der Waals surface area contributed by atoms with E-state index in [1.54, 1.807) is 4.52 Å². The summed E-state index contributed by atoms with van der Waals surface area (Å²) in [5.41, 5.74) is 4.50. The lowest BCUT2D eigenvalue weighted by Gasteiger charge is -2.14. The molecular formula is C22H22N6OS2. The van der Waals surface area contributed by atoms with Crippen LogP contribution in [-0.4, -0.2) is 30.8 Å². The number of benzene rings is 2. The normalized spacial score (nSPS) is 11.1. The topological polar surface area (TPSA) is 84.2 Å². The lowest BCUT2D eigenvalue weighted by molar-refractivity contribution is 0.0977. The van der Waals surface area contributed by atoms with E-state index >= 15 is 0 Å². The third-order valence-corrected chi connectivity index (χ3v) is 6.16. The van der Waals surface area contributed by atoms with Crippen molar-refractivity contribution in [3.05, 3.63) is 65.0 Å². The standard InChI is InChI=1S/C22H22N6OS2/c1-12(2)15-8-10-16(11-9-15)19(29)24-21(30)23-18-7-5-6-17(13(18)3)20-27-28-14(4)25-26-22(28)31-20/h5-12H,1-4H3,(H2,23,24,29,30).